The molecular weight excluding hydrogens is 332 g/mol. The van der Waals surface area contributed by atoms with Crippen LogP contribution in [-0.4, -0.2) is 24.0 Å². The Balaban J connectivity index is 1.48. The van der Waals surface area contributed by atoms with E-state index >= 15 is 0 Å². The Kier molecular flexibility index (Phi) is 5.43. The number of hydrogen-bond donors (Lipinski definition) is 1. The Morgan fingerprint density at radius 1 is 1.00 bits per heavy atom. The van der Waals surface area contributed by atoms with Gasteiger partial charge in [-0.05, 0) is 22.9 Å². The SMILES string of the molecule is O=C(Cc1ccccc1[N+](=O)[O-])NCCOc1ccc2ccccc2c1. The fourth-order valence-electron chi connectivity index (χ4n) is 2.69. The number of amides is 1. The van der Waals surface area contributed by atoms with E-state index in [4.69, 9.17) is 4.74 Å². The molecule has 0 aromatic heterocycles. The zero-order chi connectivity index (χ0) is 18.4. The van der Waals surface area contributed by atoms with Crippen LogP contribution in [-0.2, 0) is 11.2 Å². The van der Waals surface area contributed by atoms with Crippen molar-refractivity contribution in [1.82, 2.24) is 5.32 Å². The number of benzene rings is 3. The van der Waals surface area contributed by atoms with Crippen LogP contribution in [0.4, 0.5) is 5.69 Å². The van der Waals surface area contributed by atoms with Crippen molar-refractivity contribution >= 4 is 22.4 Å². The average molecular weight is 350 g/mol. The number of nitro benzene ring substituents is 1. The number of nitrogens with one attached hydrogen (secondary N) is 1. The van der Waals surface area contributed by atoms with Crippen LogP contribution in [0.5, 0.6) is 5.75 Å². The highest BCUT2D eigenvalue weighted by molar-refractivity contribution is 5.83. The first-order valence-electron chi connectivity index (χ1n) is 8.24. The predicted octanol–water partition coefficient (Wildman–Crippen LogP) is 3.49. The van der Waals surface area contributed by atoms with Crippen LogP contribution in [0.2, 0.25) is 0 Å². The zero-order valence-corrected chi connectivity index (χ0v) is 14.1. The highest BCUT2D eigenvalue weighted by Crippen LogP contribution is 2.20. The Morgan fingerprint density at radius 3 is 2.54 bits per heavy atom. The lowest BCUT2D eigenvalue weighted by Crippen LogP contribution is -2.29. The summed E-state index contributed by atoms with van der Waals surface area (Å²) >= 11 is 0. The molecule has 0 radical (unpaired) electrons. The summed E-state index contributed by atoms with van der Waals surface area (Å²) in [5.41, 5.74) is 0.348. The van der Waals surface area contributed by atoms with Gasteiger partial charge in [-0.25, -0.2) is 0 Å². The molecule has 0 unspecified atom stereocenters. The van der Waals surface area contributed by atoms with Crippen LogP contribution in [0.1, 0.15) is 5.56 Å². The van der Waals surface area contributed by atoms with E-state index in [0.29, 0.717) is 18.7 Å². The fourth-order valence-corrected chi connectivity index (χ4v) is 2.69. The van der Waals surface area contributed by atoms with Crippen molar-refractivity contribution in [2.75, 3.05) is 13.2 Å². The minimum atomic E-state index is -0.481. The molecule has 0 bridgehead atoms. The van der Waals surface area contributed by atoms with Crippen molar-refractivity contribution < 1.29 is 14.5 Å². The van der Waals surface area contributed by atoms with E-state index in [1.807, 2.05) is 42.5 Å². The first-order valence-corrected chi connectivity index (χ1v) is 8.24. The van der Waals surface area contributed by atoms with Crippen LogP contribution >= 0.6 is 0 Å². The first-order chi connectivity index (χ1) is 12.6. The van der Waals surface area contributed by atoms with Gasteiger partial charge in [-0.1, -0.05) is 48.5 Å². The van der Waals surface area contributed by atoms with Gasteiger partial charge < -0.3 is 10.1 Å². The maximum absolute atomic E-state index is 12.0. The minimum Gasteiger partial charge on any atom is -0.492 e. The molecule has 0 spiro atoms. The number of hydrogen-bond acceptors (Lipinski definition) is 4. The fraction of sp³-hybridized carbons (Fsp3) is 0.150. The van der Waals surface area contributed by atoms with Gasteiger partial charge in [-0.3, -0.25) is 14.9 Å². The van der Waals surface area contributed by atoms with Crippen molar-refractivity contribution in [1.29, 1.82) is 0 Å². The predicted molar refractivity (Wildman–Crippen MR) is 99.3 cm³/mol. The normalized spacial score (nSPS) is 10.5. The van der Waals surface area contributed by atoms with Gasteiger partial charge in [-0.15, -0.1) is 0 Å². The number of carbonyl (C=O) groups is 1. The van der Waals surface area contributed by atoms with Crippen molar-refractivity contribution in [3.63, 3.8) is 0 Å². The van der Waals surface area contributed by atoms with E-state index in [0.717, 1.165) is 16.5 Å². The molecule has 3 aromatic rings. The molecule has 6 heteroatoms. The minimum absolute atomic E-state index is 0.0346. The van der Waals surface area contributed by atoms with Crippen LogP contribution < -0.4 is 10.1 Å². The maximum Gasteiger partial charge on any atom is 0.273 e. The third-order valence-electron chi connectivity index (χ3n) is 3.95. The first kappa shape index (κ1) is 17.4. The molecule has 1 amide bonds. The number of fused-ring (bicyclic) bond motifs is 1. The second-order valence-corrected chi connectivity index (χ2v) is 5.77. The molecule has 0 fully saturated rings. The lowest BCUT2D eigenvalue weighted by molar-refractivity contribution is -0.385. The lowest BCUT2D eigenvalue weighted by atomic mass is 10.1. The summed E-state index contributed by atoms with van der Waals surface area (Å²) < 4.78 is 5.65. The summed E-state index contributed by atoms with van der Waals surface area (Å²) in [5.74, 6) is 0.457. The molecule has 6 nitrogen and oxygen atoms in total. The van der Waals surface area contributed by atoms with E-state index in [1.165, 1.54) is 6.07 Å². The molecule has 3 rings (SSSR count). The van der Waals surface area contributed by atoms with Gasteiger partial charge in [0.05, 0.1) is 17.9 Å². The van der Waals surface area contributed by atoms with Gasteiger partial charge in [0.25, 0.3) is 5.69 Å². The Morgan fingerprint density at radius 2 is 1.73 bits per heavy atom. The van der Waals surface area contributed by atoms with Gasteiger partial charge >= 0.3 is 0 Å². The molecule has 1 N–H and O–H groups in total. The summed E-state index contributed by atoms with van der Waals surface area (Å²) in [6.45, 7) is 0.646. The van der Waals surface area contributed by atoms with E-state index in [-0.39, 0.29) is 18.0 Å². The largest absolute Gasteiger partial charge is 0.492 e. The molecule has 26 heavy (non-hydrogen) atoms. The van der Waals surface area contributed by atoms with Crippen LogP contribution in [0, 0.1) is 10.1 Å². The smallest absolute Gasteiger partial charge is 0.273 e. The number of para-hydroxylation sites is 1. The second-order valence-electron chi connectivity index (χ2n) is 5.77. The molecular formula is C20H18N2O4. The van der Waals surface area contributed by atoms with Crippen molar-refractivity contribution in [2.24, 2.45) is 0 Å². The monoisotopic (exact) mass is 350 g/mol. The van der Waals surface area contributed by atoms with Crippen molar-refractivity contribution in [2.45, 2.75) is 6.42 Å². The Hall–Kier alpha value is -3.41. The molecule has 3 aromatic carbocycles. The van der Waals surface area contributed by atoms with Gasteiger partial charge in [0, 0.05) is 11.6 Å². The number of rotatable bonds is 7. The molecule has 0 saturated carbocycles. The van der Waals surface area contributed by atoms with Crippen molar-refractivity contribution in [3.05, 3.63) is 82.4 Å². The summed E-state index contributed by atoms with van der Waals surface area (Å²) in [7, 11) is 0. The number of nitro groups is 1. The Labute approximate surface area is 150 Å². The second kappa shape index (κ2) is 8.11. The molecule has 132 valence electrons. The van der Waals surface area contributed by atoms with Crippen LogP contribution in [0.15, 0.2) is 66.7 Å². The topological polar surface area (TPSA) is 81.5 Å². The molecule has 0 heterocycles. The summed E-state index contributed by atoms with van der Waals surface area (Å²) in [6.07, 6.45) is -0.0346. The van der Waals surface area contributed by atoms with Crippen LogP contribution in [0.3, 0.4) is 0 Å². The van der Waals surface area contributed by atoms with E-state index in [2.05, 4.69) is 5.32 Å². The van der Waals surface area contributed by atoms with Gasteiger partial charge in [0.15, 0.2) is 0 Å². The maximum atomic E-state index is 12.0. The van der Waals surface area contributed by atoms with E-state index in [1.54, 1.807) is 18.2 Å². The molecule has 0 saturated heterocycles. The molecule has 0 atom stereocenters. The summed E-state index contributed by atoms with van der Waals surface area (Å²) in [5, 5.41) is 15.9. The number of carbonyl (C=O) groups excluding carboxylic acids is 1. The highest BCUT2D eigenvalue weighted by atomic mass is 16.6. The Bertz CT molecular complexity index is 940. The standard InChI is InChI=1S/C20H18N2O4/c23-20(14-17-7-3-4-8-19(17)22(24)25)21-11-12-26-18-10-9-15-5-1-2-6-16(15)13-18/h1-10,13H,11-12,14H2,(H,21,23). The van der Waals surface area contributed by atoms with Gasteiger partial charge in [0.2, 0.25) is 5.91 Å². The van der Waals surface area contributed by atoms with Gasteiger partial charge in [-0.2, -0.15) is 0 Å². The third kappa shape index (κ3) is 4.36. The number of nitrogens with zero attached hydrogens (tertiary/aromatic N) is 1. The lowest BCUT2D eigenvalue weighted by Gasteiger charge is -2.09. The zero-order valence-electron chi connectivity index (χ0n) is 14.1. The molecule has 0 aliphatic heterocycles. The van der Waals surface area contributed by atoms with E-state index in [9.17, 15) is 14.9 Å². The summed E-state index contributed by atoms with van der Waals surface area (Å²) in [4.78, 5) is 22.5. The molecule has 0 aliphatic carbocycles. The van der Waals surface area contributed by atoms with Gasteiger partial charge in [0.1, 0.15) is 12.4 Å². The summed E-state index contributed by atoms with van der Waals surface area (Å²) in [6, 6.07) is 20.0. The quantitative estimate of drug-likeness (QED) is 0.402. The average Bonchev–Trinajstić information content (AvgIpc) is 2.65. The molecule has 0 aliphatic rings. The third-order valence-corrected chi connectivity index (χ3v) is 3.95. The highest BCUT2D eigenvalue weighted by Gasteiger charge is 2.15. The van der Waals surface area contributed by atoms with Crippen molar-refractivity contribution in [3.8, 4) is 5.75 Å². The van der Waals surface area contributed by atoms with E-state index < -0.39 is 4.92 Å². The van der Waals surface area contributed by atoms with Crippen LogP contribution in [0.25, 0.3) is 10.8 Å². The number of ether oxygens (including phenoxy) is 1.